The van der Waals surface area contributed by atoms with Gasteiger partial charge >= 0.3 is 5.69 Å². The Bertz CT molecular complexity index is 834. The second-order valence-corrected chi connectivity index (χ2v) is 10.1. The van der Waals surface area contributed by atoms with Crippen LogP contribution in [0.3, 0.4) is 0 Å². The number of aliphatic hydroxyl groups excluding tert-OH is 2. The first kappa shape index (κ1) is 30.4. The van der Waals surface area contributed by atoms with E-state index >= 15 is 0 Å². The van der Waals surface area contributed by atoms with Gasteiger partial charge in [-0.05, 0) is 13.3 Å². The zero-order chi connectivity index (χ0) is 26.3. The van der Waals surface area contributed by atoms with Gasteiger partial charge in [-0.25, -0.2) is 9.18 Å². The highest BCUT2D eigenvalue weighted by atomic mass is 19.1. The summed E-state index contributed by atoms with van der Waals surface area (Å²) < 4.78 is 20.6. The molecule has 9 heteroatoms. The van der Waals surface area contributed by atoms with Crippen molar-refractivity contribution < 1.29 is 24.1 Å². The van der Waals surface area contributed by atoms with Crippen LogP contribution in [0.1, 0.15) is 123 Å². The highest BCUT2D eigenvalue weighted by Crippen LogP contribution is 2.28. The Morgan fingerprint density at radius 2 is 1.44 bits per heavy atom. The summed E-state index contributed by atoms with van der Waals surface area (Å²) in [5, 5.41) is 22.2. The maximum Gasteiger partial charge on any atom is 0.351 e. The molecule has 0 radical (unpaired) electrons. The SMILES string of the molecule is CCCCCCCCCCCCCCCCCC(=O)Nc1nc(=O)n([C@@H]2O[C@H](C)[C@@H](O)[C@H]2O)cc1F. The van der Waals surface area contributed by atoms with Crippen LogP contribution in [0.15, 0.2) is 11.0 Å². The Morgan fingerprint density at radius 1 is 0.944 bits per heavy atom. The minimum Gasteiger partial charge on any atom is -0.388 e. The summed E-state index contributed by atoms with van der Waals surface area (Å²) in [6.07, 6.45) is 15.1. The molecule has 0 aromatic carbocycles. The van der Waals surface area contributed by atoms with Gasteiger partial charge in [-0.2, -0.15) is 4.98 Å². The van der Waals surface area contributed by atoms with E-state index in [1.54, 1.807) is 0 Å². The topological polar surface area (TPSA) is 114 Å². The fourth-order valence-electron chi connectivity index (χ4n) is 4.62. The van der Waals surface area contributed by atoms with Crippen molar-refractivity contribution in [2.75, 3.05) is 5.32 Å². The van der Waals surface area contributed by atoms with E-state index < -0.39 is 47.8 Å². The van der Waals surface area contributed by atoms with Crippen LogP contribution < -0.4 is 11.0 Å². The van der Waals surface area contributed by atoms with Crippen LogP contribution in [0.4, 0.5) is 10.2 Å². The quantitative estimate of drug-likeness (QED) is 0.233. The lowest BCUT2D eigenvalue weighted by molar-refractivity contribution is -0.116. The van der Waals surface area contributed by atoms with Gasteiger partial charge in [-0.1, -0.05) is 96.8 Å². The minimum atomic E-state index is -1.38. The molecule has 1 aromatic rings. The van der Waals surface area contributed by atoms with Crippen LogP contribution >= 0.6 is 0 Å². The summed E-state index contributed by atoms with van der Waals surface area (Å²) >= 11 is 0. The van der Waals surface area contributed by atoms with E-state index in [9.17, 15) is 24.2 Å². The molecule has 1 aromatic heterocycles. The average molecular weight is 512 g/mol. The Kier molecular flexibility index (Phi) is 14.2. The first-order valence-corrected chi connectivity index (χ1v) is 13.9. The van der Waals surface area contributed by atoms with Crippen molar-refractivity contribution in [3.05, 3.63) is 22.5 Å². The maximum atomic E-state index is 14.5. The lowest BCUT2D eigenvalue weighted by atomic mass is 10.0. The largest absolute Gasteiger partial charge is 0.388 e. The average Bonchev–Trinajstić information content (AvgIpc) is 3.10. The predicted molar refractivity (Wildman–Crippen MR) is 138 cm³/mol. The van der Waals surface area contributed by atoms with Gasteiger partial charge in [0.2, 0.25) is 5.91 Å². The number of aromatic nitrogens is 2. The Hall–Kier alpha value is -1.84. The number of nitrogens with one attached hydrogen (secondary N) is 1. The molecular formula is C27H46FN3O5. The summed E-state index contributed by atoms with van der Waals surface area (Å²) in [5.74, 6) is -1.75. The van der Waals surface area contributed by atoms with Gasteiger partial charge < -0.3 is 20.3 Å². The molecule has 0 saturated carbocycles. The summed E-state index contributed by atoms with van der Waals surface area (Å²) in [5.41, 5.74) is -0.885. The van der Waals surface area contributed by atoms with Gasteiger partial charge in [0.15, 0.2) is 17.9 Å². The zero-order valence-electron chi connectivity index (χ0n) is 22.1. The molecule has 1 aliphatic heterocycles. The standard InChI is InChI=1S/C27H46FN3O5/c1-3-4-5-6-7-8-9-10-11-12-13-14-15-16-17-18-22(32)29-25-21(28)19-31(27(35)30-25)26-24(34)23(33)20(2)36-26/h19-20,23-24,26,33-34H,3-18H2,1-2H3,(H,29,30,32,35)/t20-,23-,24-,26-/m1/s1. The lowest BCUT2D eigenvalue weighted by Gasteiger charge is -2.17. The predicted octanol–water partition coefficient (Wildman–Crippen LogP) is 5.22. The van der Waals surface area contributed by atoms with Crippen LogP contribution in [-0.4, -0.2) is 44.0 Å². The number of aliphatic hydroxyl groups is 2. The molecule has 1 fully saturated rings. The molecule has 3 N–H and O–H groups in total. The first-order chi connectivity index (χ1) is 17.3. The first-order valence-electron chi connectivity index (χ1n) is 13.9. The fourth-order valence-corrected chi connectivity index (χ4v) is 4.62. The molecule has 2 rings (SSSR count). The fraction of sp³-hybridized carbons (Fsp3) is 0.815. The summed E-state index contributed by atoms with van der Waals surface area (Å²) in [4.78, 5) is 28.0. The van der Waals surface area contributed by atoms with Crippen molar-refractivity contribution in [1.29, 1.82) is 0 Å². The lowest BCUT2D eigenvalue weighted by Crippen LogP contribution is -2.36. The van der Waals surface area contributed by atoms with Crippen molar-refractivity contribution in [2.45, 2.75) is 141 Å². The highest BCUT2D eigenvalue weighted by molar-refractivity contribution is 5.89. The second-order valence-electron chi connectivity index (χ2n) is 10.1. The summed E-state index contributed by atoms with van der Waals surface area (Å²) in [7, 11) is 0. The molecule has 1 aliphatic rings. The molecule has 0 spiro atoms. The Balaban J connectivity index is 1.55. The Morgan fingerprint density at radius 3 is 1.92 bits per heavy atom. The van der Waals surface area contributed by atoms with Crippen LogP contribution in [0, 0.1) is 5.82 Å². The maximum absolute atomic E-state index is 14.5. The molecule has 206 valence electrons. The molecule has 2 heterocycles. The molecule has 1 saturated heterocycles. The number of ether oxygens (including phenoxy) is 1. The van der Waals surface area contributed by atoms with Crippen molar-refractivity contribution in [2.24, 2.45) is 0 Å². The van der Waals surface area contributed by atoms with E-state index in [0.717, 1.165) is 30.0 Å². The van der Waals surface area contributed by atoms with E-state index in [4.69, 9.17) is 4.74 Å². The molecular weight excluding hydrogens is 465 g/mol. The van der Waals surface area contributed by atoms with Crippen molar-refractivity contribution in [3.63, 3.8) is 0 Å². The van der Waals surface area contributed by atoms with Gasteiger partial charge in [0.05, 0.1) is 12.3 Å². The number of amides is 1. The Labute approximate surface area is 214 Å². The van der Waals surface area contributed by atoms with E-state index in [1.807, 2.05) is 0 Å². The van der Waals surface area contributed by atoms with Gasteiger partial charge in [0.1, 0.15) is 12.2 Å². The highest BCUT2D eigenvalue weighted by Gasteiger charge is 2.42. The summed E-state index contributed by atoms with van der Waals surface area (Å²) in [6.45, 7) is 3.79. The molecule has 0 aliphatic carbocycles. The van der Waals surface area contributed by atoms with E-state index in [-0.39, 0.29) is 6.42 Å². The zero-order valence-corrected chi connectivity index (χ0v) is 22.1. The van der Waals surface area contributed by atoms with Gasteiger partial charge in [-0.3, -0.25) is 9.36 Å². The number of rotatable bonds is 18. The number of carbonyl (C=O) groups is 1. The van der Waals surface area contributed by atoms with Crippen molar-refractivity contribution >= 4 is 11.7 Å². The molecule has 0 bridgehead atoms. The van der Waals surface area contributed by atoms with E-state index in [1.165, 1.54) is 77.6 Å². The van der Waals surface area contributed by atoms with Gasteiger partial charge in [0.25, 0.3) is 0 Å². The van der Waals surface area contributed by atoms with Crippen molar-refractivity contribution in [3.8, 4) is 0 Å². The van der Waals surface area contributed by atoms with Gasteiger partial charge in [0, 0.05) is 6.42 Å². The second kappa shape index (κ2) is 16.8. The molecule has 36 heavy (non-hydrogen) atoms. The minimum absolute atomic E-state index is 0.233. The summed E-state index contributed by atoms with van der Waals surface area (Å²) in [6, 6.07) is 0. The third-order valence-corrected chi connectivity index (χ3v) is 6.92. The van der Waals surface area contributed by atoms with E-state index in [0.29, 0.717) is 6.42 Å². The van der Waals surface area contributed by atoms with Gasteiger partial charge in [-0.15, -0.1) is 0 Å². The molecule has 1 amide bonds. The number of hydrogen-bond acceptors (Lipinski definition) is 6. The third kappa shape index (κ3) is 10.3. The van der Waals surface area contributed by atoms with Crippen LogP contribution in [0.5, 0.6) is 0 Å². The third-order valence-electron chi connectivity index (χ3n) is 6.92. The molecule has 8 nitrogen and oxygen atoms in total. The molecule has 0 unspecified atom stereocenters. The number of hydrogen-bond donors (Lipinski definition) is 3. The smallest absolute Gasteiger partial charge is 0.351 e. The number of halogens is 1. The van der Waals surface area contributed by atoms with E-state index in [2.05, 4.69) is 17.2 Å². The monoisotopic (exact) mass is 511 g/mol. The number of anilines is 1. The van der Waals surface area contributed by atoms with Crippen molar-refractivity contribution in [1.82, 2.24) is 9.55 Å². The number of nitrogens with zero attached hydrogens (tertiary/aromatic N) is 2. The normalized spacial score (nSPS) is 21.7. The van der Waals surface area contributed by atoms with Crippen LogP contribution in [0.2, 0.25) is 0 Å². The number of carbonyl (C=O) groups excluding carboxylic acids is 1. The van der Waals surface area contributed by atoms with Crippen LogP contribution in [-0.2, 0) is 9.53 Å². The van der Waals surface area contributed by atoms with Crippen LogP contribution in [0.25, 0.3) is 0 Å². The molecule has 4 atom stereocenters. The number of unbranched alkanes of at least 4 members (excludes halogenated alkanes) is 14.